The first-order valence-corrected chi connectivity index (χ1v) is 4.39. The van der Waals surface area contributed by atoms with Gasteiger partial charge in [-0.1, -0.05) is 0 Å². The molecule has 1 aromatic heterocycles. The van der Waals surface area contributed by atoms with Crippen LogP contribution in [0.3, 0.4) is 0 Å². The van der Waals surface area contributed by atoms with Crippen molar-refractivity contribution in [1.29, 1.82) is 0 Å². The van der Waals surface area contributed by atoms with Crippen LogP contribution in [0.15, 0.2) is 17.2 Å². The lowest BCUT2D eigenvalue weighted by atomic mass is 10.3. The summed E-state index contributed by atoms with van der Waals surface area (Å²) >= 11 is 1.46. The molecular formula is C7H9FN2S. The van der Waals surface area contributed by atoms with E-state index in [1.165, 1.54) is 17.8 Å². The van der Waals surface area contributed by atoms with E-state index in [-0.39, 0.29) is 12.4 Å². The monoisotopic (exact) mass is 172 g/mol. The van der Waals surface area contributed by atoms with Gasteiger partial charge in [0.1, 0.15) is 5.82 Å². The Kier molecular flexibility index (Phi) is 2.84. The third-order valence-electron chi connectivity index (χ3n) is 1.32. The molecule has 0 saturated carbocycles. The van der Waals surface area contributed by atoms with Crippen LogP contribution >= 0.6 is 11.8 Å². The Morgan fingerprint density at radius 1 is 1.73 bits per heavy atom. The van der Waals surface area contributed by atoms with Gasteiger partial charge in [-0.2, -0.15) is 0 Å². The number of halogens is 1. The van der Waals surface area contributed by atoms with Crippen molar-refractivity contribution in [2.75, 3.05) is 6.26 Å². The van der Waals surface area contributed by atoms with Crippen LogP contribution in [-0.2, 0) is 6.54 Å². The fourth-order valence-corrected chi connectivity index (χ4v) is 1.09. The van der Waals surface area contributed by atoms with Crippen molar-refractivity contribution in [1.82, 2.24) is 4.98 Å². The van der Waals surface area contributed by atoms with Crippen LogP contribution in [0.5, 0.6) is 0 Å². The van der Waals surface area contributed by atoms with Crippen LogP contribution < -0.4 is 5.73 Å². The number of pyridine rings is 1. The summed E-state index contributed by atoms with van der Waals surface area (Å²) in [5.41, 5.74) is 5.55. The van der Waals surface area contributed by atoms with Crippen LogP contribution in [0.2, 0.25) is 0 Å². The van der Waals surface area contributed by atoms with Gasteiger partial charge in [-0.05, 0) is 12.3 Å². The average molecular weight is 172 g/mol. The van der Waals surface area contributed by atoms with Crippen molar-refractivity contribution in [3.8, 4) is 0 Å². The highest BCUT2D eigenvalue weighted by molar-refractivity contribution is 7.98. The molecule has 0 aliphatic heterocycles. The molecule has 11 heavy (non-hydrogen) atoms. The molecule has 0 aliphatic carbocycles. The maximum Gasteiger partial charge on any atom is 0.147 e. The number of thioether (sulfide) groups is 1. The molecular weight excluding hydrogens is 163 g/mol. The first-order chi connectivity index (χ1) is 5.27. The van der Waals surface area contributed by atoms with Crippen molar-refractivity contribution < 1.29 is 4.39 Å². The largest absolute Gasteiger partial charge is 0.325 e. The minimum Gasteiger partial charge on any atom is -0.325 e. The summed E-state index contributed by atoms with van der Waals surface area (Å²) in [4.78, 5) is 4.67. The molecule has 0 spiro atoms. The fourth-order valence-electron chi connectivity index (χ4n) is 0.711. The van der Waals surface area contributed by atoms with E-state index in [1.54, 1.807) is 6.20 Å². The van der Waals surface area contributed by atoms with Crippen LogP contribution in [0.1, 0.15) is 5.69 Å². The van der Waals surface area contributed by atoms with E-state index in [1.807, 2.05) is 6.26 Å². The molecule has 1 aromatic rings. The van der Waals surface area contributed by atoms with E-state index in [9.17, 15) is 4.39 Å². The van der Waals surface area contributed by atoms with E-state index in [0.29, 0.717) is 5.69 Å². The molecule has 0 unspecified atom stereocenters. The molecule has 0 atom stereocenters. The fraction of sp³-hybridized carbons (Fsp3) is 0.286. The molecule has 2 N–H and O–H groups in total. The van der Waals surface area contributed by atoms with Gasteiger partial charge in [0.15, 0.2) is 0 Å². The molecule has 0 bridgehead atoms. The Bertz CT molecular complexity index is 252. The lowest BCUT2D eigenvalue weighted by Crippen LogP contribution is -2.02. The zero-order valence-electron chi connectivity index (χ0n) is 6.17. The number of nitrogens with two attached hydrogens (primary N) is 1. The van der Waals surface area contributed by atoms with Gasteiger partial charge in [-0.15, -0.1) is 11.8 Å². The van der Waals surface area contributed by atoms with Gasteiger partial charge >= 0.3 is 0 Å². The molecule has 0 fully saturated rings. The van der Waals surface area contributed by atoms with Crippen molar-refractivity contribution in [2.24, 2.45) is 5.73 Å². The molecule has 2 nitrogen and oxygen atoms in total. The highest BCUT2D eigenvalue weighted by Gasteiger charge is 2.01. The summed E-state index contributed by atoms with van der Waals surface area (Å²) < 4.78 is 12.9. The van der Waals surface area contributed by atoms with Gasteiger partial charge in [-0.3, -0.25) is 4.98 Å². The van der Waals surface area contributed by atoms with Crippen molar-refractivity contribution in [3.05, 3.63) is 23.8 Å². The summed E-state index contributed by atoms with van der Waals surface area (Å²) in [6.07, 6.45) is 3.49. The summed E-state index contributed by atoms with van der Waals surface area (Å²) in [5, 5.41) is 0. The normalized spacial score (nSPS) is 10.1. The minimum atomic E-state index is -0.320. The average Bonchev–Trinajstić information content (AvgIpc) is 2.04. The Morgan fingerprint density at radius 3 is 2.91 bits per heavy atom. The van der Waals surface area contributed by atoms with Crippen molar-refractivity contribution in [3.63, 3.8) is 0 Å². The Morgan fingerprint density at radius 2 is 2.45 bits per heavy atom. The van der Waals surface area contributed by atoms with Crippen LogP contribution in [0.4, 0.5) is 4.39 Å². The molecule has 1 rings (SSSR count). The molecule has 0 amide bonds. The van der Waals surface area contributed by atoms with Crippen molar-refractivity contribution in [2.45, 2.75) is 11.4 Å². The maximum atomic E-state index is 12.9. The van der Waals surface area contributed by atoms with E-state index in [2.05, 4.69) is 4.98 Å². The molecule has 0 aromatic carbocycles. The SMILES string of the molecule is CSc1cnc(CN)c(F)c1. The van der Waals surface area contributed by atoms with Crippen LogP contribution in [-0.4, -0.2) is 11.2 Å². The summed E-state index contributed by atoms with van der Waals surface area (Å²) in [7, 11) is 0. The quantitative estimate of drug-likeness (QED) is 0.685. The number of hydrogen-bond acceptors (Lipinski definition) is 3. The van der Waals surface area contributed by atoms with E-state index in [0.717, 1.165) is 4.90 Å². The predicted molar refractivity (Wildman–Crippen MR) is 43.9 cm³/mol. The lowest BCUT2D eigenvalue weighted by molar-refractivity contribution is 0.595. The van der Waals surface area contributed by atoms with Gasteiger partial charge < -0.3 is 5.73 Å². The second-order valence-corrected chi connectivity index (χ2v) is 2.89. The Hall–Kier alpha value is -0.610. The number of nitrogens with zero attached hydrogens (tertiary/aromatic N) is 1. The highest BCUT2D eigenvalue weighted by atomic mass is 32.2. The Labute approximate surface area is 69.0 Å². The second-order valence-electron chi connectivity index (χ2n) is 2.01. The molecule has 0 saturated heterocycles. The number of hydrogen-bond donors (Lipinski definition) is 1. The highest BCUT2D eigenvalue weighted by Crippen LogP contribution is 2.15. The zero-order chi connectivity index (χ0) is 8.27. The van der Waals surface area contributed by atoms with E-state index >= 15 is 0 Å². The molecule has 4 heteroatoms. The summed E-state index contributed by atoms with van der Waals surface area (Å²) in [5.74, 6) is -0.320. The van der Waals surface area contributed by atoms with Crippen molar-refractivity contribution >= 4 is 11.8 Å². The van der Waals surface area contributed by atoms with Gasteiger partial charge in [0, 0.05) is 17.6 Å². The second kappa shape index (κ2) is 3.69. The Balaban J connectivity index is 2.99. The van der Waals surface area contributed by atoms with Gasteiger partial charge in [0.05, 0.1) is 5.69 Å². The zero-order valence-corrected chi connectivity index (χ0v) is 6.99. The molecule has 0 radical (unpaired) electrons. The van der Waals surface area contributed by atoms with Crippen LogP contribution in [0.25, 0.3) is 0 Å². The van der Waals surface area contributed by atoms with Crippen LogP contribution in [0, 0.1) is 5.82 Å². The minimum absolute atomic E-state index is 0.153. The maximum absolute atomic E-state index is 12.9. The van der Waals surface area contributed by atoms with Gasteiger partial charge in [0.2, 0.25) is 0 Å². The first-order valence-electron chi connectivity index (χ1n) is 3.16. The standard InChI is InChI=1S/C7H9FN2S/c1-11-5-2-6(8)7(3-9)10-4-5/h2,4H,3,9H2,1H3. The number of rotatable bonds is 2. The predicted octanol–water partition coefficient (Wildman–Crippen LogP) is 1.40. The smallest absolute Gasteiger partial charge is 0.147 e. The first kappa shape index (κ1) is 8.49. The summed E-state index contributed by atoms with van der Waals surface area (Å²) in [6, 6.07) is 1.44. The van der Waals surface area contributed by atoms with Gasteiger partial charge in [0.25, 0.3) is 0 Å². The third kappa shape index (κ3) is 1.91. The molecule has 1 heterocycles. The lowest BCUT2D eigenvalue weighted by Gasteiger charge is -1.99. The van der Waals surface area contributed by atoms with E-state index < -0.39 is 0 Å². The van der Waals surface area contributed by atoms with E-state index in [4.69, 9.17) is 5.73 Å². The van der Waals surface area contributed by atoms with Gasteiger partial charge in [-0.25, -0.2) is 4.39 Å². The molecule has 0 aliphatic rings. The molecule has 60 valence electrons. The summed E-state index contributed by atoms with van der Waals surface area (Å²) in [6.45, 7) is 0.153. The topological polar surface area (TPSA) is 38.9 Å². The third-order valence-corrected chi connectivity index (χ3v) is 2.02. The number of aromatic nitrogens is 1.